The normalized spacial score (nSPS) is 6.78. The molecule has 0 spiro atoms. The predicted molar refractivity (Wildman–Crippen MR) is 44.2 cm³/mol. The van der Waals surface area contributed by atoms with Crippen LogP contribution in [0.15, 0.2) is 29.0 Å². The maximum Gasteiger partial charge on any atom is 0.0279 e. The van der Waals surface area contributed by atoms with Crippen molar-refractivity contribution in [2.24, 2.45) is 0 Å². The lowest BCUT2D eigenvalue weighted by Crippen LogP contribution is -1.63. The third-order valence-corrected chi connectivity index (χ3v) is 1.17. The van der Waals surface area contributed by atoms with E-state index < -0.39 is 0 Å². The number of aromatic nitrogens is 1. The molecule has 0 saturated carbocycles. The van der Waals surface area contributed by atoms with Gasteiger partial charge in [0.25, 0.3) is 0 Å². The van der Waals surface area contributed by atoms with E-state index in [-0.39, 0.29) is 18.6 Å². The first-order valence-corrected chi connectivity index (χ1v) is 2.74. The van der Waals surface area contributed by atoms with E-state index in [4.69, 9.17) is 0 Å². The minimum Gasteiger partial charge on any atom is -0.344 e. The monoisotopic (exact) mass is 210 g/mol. The molecule has 1 aromatic rings. The van der Waals surface area contributed by atoms with Gasteiger partial charge in [0.05, 0.1) is 0 Å². The number of nitrogens with zero attached hydrogens (tertiary/aromatic N) is 1. The summed E-state index contributed by atoms with van der Waals surface area (Å²) in [5, 5.41) is 0. The highest BCUT2D eigenvalue weighted by Gasteiger charge is 1.75. The molecule has 0 saturated heterocycles. The summed E-state index contributed by atoms with van der Waals surface area (Å²) in [7, 11) is 0. The van der Waals surface area contributed by atoms with E-state index in [1.54, 1.807) is 12.4 Å². The highest BCUT2D eigenvalue weighted by molar-refractivity contribution is 9.10. The summed E-state index contributed by atoms with van der Waals surface area (Å²) in [5.41, 5.74) is 0. The molecule has 52 valence electrons. The van der Waals surface area contributed by atoms with Crippen molar-refractivity contribution < 1.29 is 0 Å². The Morgan fingerprint density at radius 3 is 1.89 bits per heavy atom. The number of hydrogen-bond acceptors (Lipinski definition) is 2. The predicted octanol–water partition coefficient (Wildman–Crippen LogP) is 2.43. The lowest BCUT2D eigenvalue weighted by molar-refractivity contribution is 1.32. The van der Waals surface area contributed by atoms with Crippen molar-refractivity contribution in [1.82, 2.24) is 11.1 Å². The summed E-state index contributed by atoms with van der Waals surface area (Å²) in [6.45, 7) is 0. The fourth-order valence-corrected chi connectivity index (χ4v) is 0.570. The summed E-state index contributed by atoms with van der Waals surface area (Å²) >= 11 is 3.27. The molecule has 0 unspecified atom stereocenters. The molecule has 2 nitrogen and oxygen atoms in total. The van der Waals surface area contributed by atoms with Gasteiger partial charge in [-0.15, -0.1) is 12.4 Å². The molecule has 0 amide bonds. The van der Waals surface area contributed by atoms with Crippen molar-refractivity contribution >= 4 is 28.3 Å². The summed E-state index contributed by atoms with van der Waals surface area (Å²) in [6, 6.07) is 3.78. The van der Waals surface area contributed by atoms with Crippen LogP contribution in [0.3, 0.4) is 0 Å². The van der Waals surface area contributed by atoms with Gasteiger partial charge in [0.1, 0.15) is 0 Å². The summed E-state index contributed by atoms with van der Waals surface area (Å²) in [6.07, 6.45) is 3.48. The van der Waals surface area contributed by atoms with E-state index in [1.165, 1.54) is 0 Å². The Kier molecular flexibility index (Phi) is 7.77. The van der Waals surface area contributed by atoms with Crippen LogP contribution in [0, 0.1) is 0 Å². The van der Waals surface area contributed by atoms with Crippen LogP contribution in [-0.2, 0) is 0 Å². The van der Waals surface area contributed by atoms with Crippen molar-refractivity contribution in [2.45, 2.75) is 0 Å². The Morgan fingerprint density at radius 1 is 1.22 bits per heavy atom. The van der Waals surface area contributed by atoms with Crippen LogP contribution in [0.1, 0.15) is 0 Å². The van der Waals surface area contributed by atoms with Crippen LogP contribution >= 0.6 is 28.3 Å². The van der Waals surface area contributed by atoms with E-state index in [2.05, 4.69) is 20.9 Å². The molecule has 0 atom stereocenters. The van der Waals surface area contributed by atoms with Crippen LogP contribution in [-0.4, -0.2) is 4.98 Å². The molecule has 1 heterocycles. The molecular formula is C5H8BrClN2. The van der Waals surface area contributed by atoms with Gasteiger partial charge in [-0.05, 0) is 12.1 Å². The van der Waals surface area contributed by atoms with Gasteiger partial charge in [-0.2, -0.15) is 0 Å². The summed E-state index contributed by atoms with van der Waals surface area (Å²) in [5.74, 6) is 0. The van der Waals surface area contributed by atoms with Crippen LogP contribution in [0.2, 0.25) is 0 Å². The zero-order chi connectivity index (χ0) is 5.11. The summed E-state index contributed by atoms with van der Waals surface area (Å²) in [4.78, 5) is 3.82. The van der Waals surface area contributed by atoms with Gasteiger partial charge in [-0.3, -0.25) is 4.98 Å². The van der Waals surface area contributed by atoms with E-state index in [9.17, 15) is 0 Å². The fraction of sp³-hybridized carbons (Fsp3) is 0. The maximum atomic E-state index is 3.82. The Labute approximate surface area is 68.8 Å². The minimum absolute atomic E-state index is 0. The summed E-state index contributed by atoms with van der Waals surface area (Å²) < 4.78 is 1.07. The van der Waals surface area contributed by atoms with Crippen molar-refractivity contribution in [2.75, 3.05) is 0 Å². The first kappa shape index (κ1) is 11.6. The Balaban J connectivity index is 0. The smallest absolute Gasteiger partial charge is 0.0279 e. The maximum absolute atomic E-state index is 3.82. The van der Waals surface area contributed by atoms with Crippen molar-refractivity contribution in [3.8, 4) is 0 Å². The fourth-order valence-electron chi connectivity index (χ4n) is 0.334. The van der Waals surface area contributed by atoms with Gasteiger partial charge in [-0.1, -0.05) is 15.9 Å². The van der Waals surface area contributed by atoms with Crippen LogP contribution < -0.4 is 6.15 Å². The third kappa shape index (κ3) is 4.39. The van der Waals surface area contributed by atoms with Gasteiger partial charge in [0.15, 0.2) is 0 Å². The van der Waals surface area contributed by atoms with Crippen LogP contribution in [0.4, 0.5) is 0 Å². The number of halogens is 2. The van der Waals surface area contributed by atoms with Crippen molar-refractivity contribution in [1.29, 1.82) is 0 Å². The Hall–Kier alpha value is -0.120. The molecule has 9 heavy (non-hydrogen) atoms. The Morgan fingerprint density at radius 2 is 1.67 bits per heavy atom. The van der Waals surface area contributed by atoms with E-state index in [0.29, 0.717) is 0 Å². The standard InChI is InChI=1S/C5H4BrN.ClH.H3N/c6-5-1-3-7-4-2-5;;/h1-4H;1H;1H3. The minimum atomic E-state index is 0. The SMILES string of the molecule is Brc1ccncc1.Cl.N. The molecular weight excluding hydrogens is 203 g/mol. The molecule has 0 bridgehead atoms. The molecule has 0 aliphatic carbocycles. The van der Waals surface area contributed by atoms with E-state index >= 15 is 0 Å². The average Bonchev–Trinajstić information content (AvgIpc) is 1.69. The zero-order valence-electron chi connectivity index (χ0n) is 4.75. The van der Waals surface area contributed by atoms with Crippen LogP contribution in [0.25, 0.3) is 0 Å². The highest BCUT2D eigenvalue weighted by atomic mass is 79.9. The third-order valence-electron chi connectivity index (χ3n) is 0.640. The van der Waals surface area contributed by atoms with Gasteiger partial charge in [-0.25, -0.2) is 0 Å². The molecule has 3 N–H and O–H groups in total. The van der Waals surface area contributed by atoms with Crippen LogP contribution in [0.5, 0.6) is 0 Å². The largest absolute Gasteiger partial charge is 0.344 e. The van der Waals surface area contributed by atoms with E-state index in [0.717, 1.165) is 4.47 Å². The average molecular weight is 211 g/mol. The Bertz CT molecular complexity index is 145. The van der Waals surface area contributed by atoms with Gasteiger partial charge >= 0.3 is 0 Å². The van der Waals surface area contributed by atoms with E-state index in [1.807, 2.05) is 12.1 Å². The topological polar surface area (TPSA) is 47.9 Å². The molecule has 1 aromatic heterocycles. The first-order chi connectivity index (χ1) is 3.39. The second-order valence-electron chi connectivity index (χ2n) is 1.17. The molecule has 0 aliphatic rings. The van der Waals surface area contributed by atoms with Gasteiger partial charge in [0, 0.05) is 16.9 Å². The highest BCUT2D eigenvalue weighted by Crippen LogP contribution is 2.03. The number of pyridine rings is 1. The molecule has 0 fully saturated rings. The van der Waals surface area contributed by atoms with Crippen molar-refractivity contribution in [3.05, 3.63) is 29.0 Å². The zero-order valence-corrected chi connectivity index (χ0v) is 7.15. The first-order valence-electron chi connectivity index (χ1n) is 1.95. The molecule has 0 radical (unpaired) electrons. The van der Waals surface area contributed by atoms with Gasteiger partial charge < -0.3 is 6.15 Å². The second kappa shape index (κ2) is 6.01. The lowest BCUT2D eigenvalue weighted by atomic mass is 10.5. The second-order valence-corrected chi connectivity index (χ2v) is 2.08. The molecule has 4 heteroatoms. The molecule has 0 aromatic carbocycles. The molecule has 0 aliphatic heterocycles. The number of hydrogen-bond donors (Lipinski definition) is 1. The molecule has 1 rings (SSSR count). The van der Waals surface area contributed by atoms with Gasteiger partial charge in [0.2, 0.25) is 0 Å². The quantitative estimate of drug-likeness (QED) is 0.716. The lowest BCUT2D eigenvalue weighted by Gasteiger charge is -1.80. The number of rotatable bonds is 0. The van der Waals surface area contributed by atoms with Crippen molar-refractivity contribution in [3.63, 3.8) is 0 Å².